The van der Waals surface area contributed by atoms with Gasteiger partial charge >= 0.3 is 11.9 Å². The first-order chi connectivity index (χ1) is 16.2. The number of hydrogen-bond acceptors (Lipinski definition) is 6. The molecule has 1 atom stereocenters. The largest absolute Gasteiger partial charge is 0.493 e. The Hall–Kier alpha value is -3.22. The molecule has 0 bridgehead atoms. The molecule has 0 aromatic heterocycles. The summed E-state index contributed by atoms with van der Waals surface area (Å²) in [6.45, 7) is 1.91. The minimum Gasteiger partial charge on any atom is -0.493 e. The van der Waals surface area contributed by atoms with E-state index in [1.807, 2.05) is 0 Å². The van der Waals surface area contributed by atoms with Crippen LogP contribution in [0.2, 0.25) is 0 Å². The molecule has 0 amide bonds. The highest BCUT2D eigenvalue weighted by Crippen LogP contribution is 2.53. The quantitative estimate of drug-likeness (QED) is 0.649. The van der Waals surface area contributed by atoms with E-state index in [1.165, 1.54) is 6.07 Å². The number of ether oxygens (including phenoxy) is 4. The summed E-state index contributed by atoms with van der Waals surface area (Å²) in [4.78, 5) is 23.8. The normalized spacial score (nSPS) is 19.1. The Kier molecular flexibility index (Phi) is 3.93. The molecule has 1 unspecified atom stereocenters. The maximum absolute atomic E-state index is 12.0. The smallest absolute Gasteiger partial charge is 0.338 e. The summed E-state index contributed by atoms with van der Waals surface area (Å²) in [5, 5.41) is 9.80. The van der Waals surface area contributed by atoms with Crippen molar-refractivity contribution in [2.75, 3.05) is 14.1 Å². The Labute approximate surface area is 180 Å². The van der Waals surface area contributed by atoms with E-state index in [-0.39, 0.29) is 23.9 Å². The van der Waals surface area contributed by atoms with Crippen molar-refractivity contribution in [3.05, 3.63) is 41.5 Å². The van der Waals surface area contributed by atoms with Crippen molar-refractivity contribution in [1.82, 2.24) is 0 Å². The molecule has 2 aliphatic rings. The third-order valence-corrected chi connectivity index (χ3v) is 5.78. The molecule has 1 aliphatic heterocycles. The Morgan fingerprint density at radius 2 is 1.97 bits per heavy atom. The minimum absolute atomic E-state index is 0.0483. The first-order valence-electron chi connectivity index (χ1n) is 11.9. The van der Waals surface area contributed by atoms with Crippen molar-refractivity contribution in [2.24, 2.45) is 5.41 Å². The summed E-state index contributed by atoms with van der Waals surface area (Å²) >= 11 is 0. The van der Waals surface area contributed by atoms with Gasteiger partial charge in [0.15, 0.2) is 11.5 Å². The molecule has 0 radical (unpaired) electrons. The van der Waals surface area contributed by atoms with Crippen LogP contribution in [0, 0.1) is 5.41 Å². The van der Waals surface area contributed by atoms with Gasteiger partial charge in [-0.1, -0.05) is 13.0 Å². The van der Waals surface area contributed by atoms with Crippen molar-refractivity contribution in [1.29, 1.82) is 0 Å². The van der Waals surface area contributed by atoms with Crippen LogP contribution in [-0.2, 0) is 16.1 Å². The lowest BCUT2D eigenvalue weighted by atomic mass is 9.96. The summed E-state index contributed by atoms with van der Waals surface area (Å²) in [5.41, 5.74) is 1.12. The molecular weight excluding hydrogens is 388 g/mol. The standard InChI is InChI=1S/C23H24O7/c1-4-18(23(9-10-23)22(25)26)30-19-15(7-8-17(27-2)20(19)28-3)13-5-6-16-14(11-13)12-29-21(16)24/h5-8,11,18H,4,9-10,12H2,1-3H3,(H,25,26)/i2D2,3D2. The molecule has 7 nitrogen and oxygen atoms in total. The summed E-state index contributed by atoms with van der Waals surface area (Å²) in [7, 11) is -3.50. The SMILES string of the molecule is [2H]C([2H])Oc1ccc(-c2ccc3c(c2)COC3=O)c(OC(CC)C2(C(=O)O)CC2)c1OC([2H])[2H]. The second-order valence-corrected chi connectivity index (χ2v) is 7.43. The van der Waals surface area contributed by atoms with Gasteiger partial charge in [0.25, 0.3) is 0 Å². The van der Waals surface area contributed by atoms with Gasteiger partial charge in [0, 0.05) is 11.1 Å². The number of carboxylic acid groups (broad SMARTS) is 1. The van der Waals surface area contributed by atoms with Crippen molar-refractivity contribution < 1.29 is 39.1 Å². The fraction of sp³-hybridized carbons (Fsp3) is 0.391. The molecule has 0 saturated heterocycles. The molecule has 2 aromatic rings. The minimum atomic E-state index is -1.78. The summed E-state index contributed by atoms with van der Waals surface area (Å²) < 4.78 is 52.1. The maximum Gasteiger partial charge on any atom is 0.338 e. The number of methoxy groups -OCH3 is 2. The second kappa shape index (κ2) is 7.55. The van der Waals surface area contributed by atoms with Crippen molar-refractivity contribution in [3.63, 3.8) is 0 Å². The zero-order chi connectivity index (χ0) is 24.6. The van der Waals surface area contributed by atoms with Crippen LogP contribution in [0.3, 0.4) is 0 Å². The predicted octanol–water partition coefficient (Wildman–Crippen LogP) is 4.06. The van der Waals surface area contributed by atoms with Gasteiger partial charge in [-0.3, -0.25) is 4.79 Å². The van der Waals surface area contributed by atoms with Crippen LogP contribution in [0.5, 0.6) is 17.2 Å². The number of rotatable bonds is 8. The van der Waals surface area contributed by atoms with Gasteiger partial charge in [0.2, 0.25) is 5.75 Å². The monoisotopic (exact) mass is 416 g/mol. The number of carbonyl (C=O) groups excluding carboxylic acids is 1. The van der Waals surface area contributed by atoms with Crippen molar-refractivity contribution in [2.45, 2.75) is 38.9 Å². The lowest BCUT2D eigenvalue weighted by Crippen LogP contribution is -2.34. The van der Waals surface area contributed by atoms with Gasteiger partial charge in [-0.2, -0.15) is 0 Å². The number of aliphatic carboxylic acids is 1. The fourth-order valence-corrected chi connectivity index (χ4v) is 3.93. The lowest BCUT2D eigenvalue weighted by molar-refractivity contribution is -0.147. The van der Waals surface area contributed by atoms with Gasteiger partial charge in [0.05, 0.1) is 25.2 Å². The Bertz CT molecular complexity index is 1110. The molecule has 2 aromatic carbocycles. The first-order valence-corrected chi connectivity index (χ1v) is 9.56. The second-order valence-electron chi connectivity index (χ2n) is 7.43. The molecular formula is C23H24O7. The zero-order valence-electron chi connectivity index (χ0n) is 20.3. The number of cyclic esters (lactones) is 1. The molecule has 30 heavy (non-hydrogen) atoms. The van der Waals surface area contributed by atoms with Crippen molar-refractivity contribution >= 4 is 11.9 Å². The third-order valence-electron chi connectivity index (χ3n) is 5.78. The Morgan fingerprint density at radius 1 is 1.20 bits per heavy atom. The van der Waals surface area contributed by atoms with E-state index in [0.717, 1.165) is 0 Å². The van der Waals surface area contributed by atoms with Crippen LogP contribution in [0.4, 0.5) is 0 Å². The predicted molar refractivity (Wildman–Crippen MR) is 108 cm³/mol. The van der Waals surface area contributed by atoms with E-state index in [1.54, 1.807) is 31.2 Å². The average molecular weight is 416 g/mol. The Morgan fingerprint density at radius 3 is 2.63 bits per heavy atom. The zero-order valence-corrected chi connectivity index (χ0v) is 16.3. The van der Waals surface area contributed by atoms with Gasteiger partial charge < -0.3 is 24.1 Å². The number of carboxylic acids is 1. The van der Waals surface area contributed by atoms with E-state index in [4.69, 9.17) is 24.4 Å². The molecule has 1 aliphatic carbocycles. The number of fused-ring (bicyclic) bond motifs is 1. The molecule has 1 heterocycles. The third kappa shape index (κ3) is 3.14. The molecule has 1 saturated carbocycles. The van der Waals surface area contributed by atoms with Crippen molar-refractivity contribution in [3.8, 4) is 28.4 Å². The molecule has 7 heteroatoms. The number of esters is 1. The van der Waals surface area contributed by atoms with Crippen LogP contribution in [0.25, 0.3) is 11.1 Å². The van der Waals surface area contributed by atoms with Gasteiger partial charge in [-0.25, -0.2) is 4.79 Å². The van der Waals surface area contributed by atoms with Crippen LogP contribution in [0.15, 0.2) is 30.3 Å². The first kappa shape index (κ1) is 15.6. The van der Waals surface area contributed by atoms with E-state index in [0.29, 0.717) is 41.5 Å². The molecule has 4 rings (SSSR count). The van der Waals surface area contributed by atoms with Gasteiger partial charge in [0.1, 0.15) is 18.1 Å². The average Bonchev–Trinajstić information content (AvgIpc) is 3.51. The number of benzene rings is 2. The van der Waals surface area contributed by atoms with Crippen LogP contribution in [-0.4, -0.2) is 37.3 Å². The molecule has 158 valence electrons. The topological polar surface area (TPSA) is 91.3 Å². The molecule has 1 fully saturated rings. The number of carbonyl (C=O) groups is 2. The highest BCUT2D eigenvalue weighted by atomic mass is 16.5. The summed E-state index contributed by atoms with van der Waals surface area (Å²) in [6.07, 6.45) is 0.524. The molecule has 1 N–H and O–H groups in total. The van der Waals surface area contributed by atoms with E-state index < -0.39 is 37.6 Å². The van der Waals surface area contributed by atoms with Crippen LogP contribution < -0.4 is 14.2 Å². The van der Waals surface area contributed by atoms with Gasteiger partial charge in [-0.15, -0.1) is 0 Å². The van der Waals surface area contributed by atoms with Crippen LogP contribution in [0.1, 0.15) is 47.6 Å². The Balaban J connectivity index is 1.87. The van der Waals surface area contributed by atoms with E-state index in [2.05, 4.69) is 0 Å². The van der Waals surface area contributed by atoms with Crippen LogP contribution >= 0.6 is 0 Å². The summed E-state index contributed by atoms with van der Waals surface area (Å²) in [6, 6.07) is 8.09. The fourth-order valence-electron chi connectivity index (χ4n) is 3.93. The summed E-state index contributed by atoms with van der Waals surface area (Å²) in [5.74, 6) is -1.58. The van der Waals surface area contributed by atoms with Gasteiger partial charge in [-0.05, 0) is 49.1 Å². The van der Waals surface area contributed by atoms with E-state index >= 15 is 0 Å². The highest BCUT2D eigenvalue weighted by Gasteiger charge is 2.57. The highest BCUT2D eigenvalue weighted by molar-refractivity contribution is 5.94. The lowest BCUT2D eigenvalue weighted by Gasteiger charge is -2.27. The number of hydrogen-bond donors (Lipinski definition) is 1. The van der Waals surface area contributed by atoms with E-state index in [9.17, 15) is 14.7 Å². The maximum atomic E-state index is 12.0. The molecule has 0 spiro atoms.